The van der Waals surface area contributed by atoms with Crippen LogP contribution in [0.4, 0.5) is 4.39 Å². The summed E-state index contributed by atoms with van der Waals surface area (Å²) in [6.45, 7) is -0.657. The third-order valence-corrected chi connectivity index (χ3v) is 1.31. The molecule has 2 N–H and O–H groups in total. The van der Waals surface area contributed by atoms with E-state index in [0.29, 0.717) is 0 Å². The van der Waals surface area contributed by atoms with Gasteiger partial charge in [-0.15, -0.1) is 0 Å². The van der Waals surface area contributed by atoms with Crippen molar-refractivity contribution in [2.75, 3.05) is 6.67 Å². The maximum absolute atomic E-state index is 11.7. The van der Waals surface area contributed by atoms with Gasteiger partial charge in [0.25, 0.3) is 0 Å². The zero-order chi connectivity index (χ0) is 7.28. The van der Waals surface area contributed by atoms with Crippen LogP contribution in [0.3, 0.4) is 0 Å². The average molecular weight is 153 g/mol. The number of carboxylic acids is 1. The van der Waals surface area contributed by atoms with Crippen molar-refractivity contribution in [1.29, 1.82) is 0 Å². The highest BCUT2D eigenvalue weighted by Gasteiger charge is 2.08. The number of halogens is 1. The first-order valence-electron chi connectivity index (χ1n) is 2.44. The van der Waals surface area contributed by atoms with Crippen LogP contribution in [0, 0.1) is 0 Å². The van der Waals surface area contributed by atoms with E-state index >= 15 is 0 Å². The van der Waals surface area contributed by atoms with Gasteiger partial charge in [0.15, 0.2) is 0 Å². The Morgan fingerprint density at radius 2 is 2.44 bits per heavy atom. The van der Waals surface area contributed by atoms with Gasteiger partial charge in [0.1, 0.15) is 6.67 Å². The van der Waals surface area contributed by atoms with Gasteiger partial charge in [-0.25, -0.2) is 4.39 Å². The minimum Gasteiger partial charge on any atom is -0.481 e. The normalized spacial score (nSPS) is 13.1. The Labute approximate surface area is 54.9 Å². The monoisotopic (exact) mass is 153 g/mol. The predicted octanol–water partition coefficient (Wildman–Crippen LogP) is 0.179. The van der Waals surface area contributed by atoms with Crippen LogP contribution in [0.15, 0.2) is 0 Å². The van der Waals surface area contributed by atoms with Crippen LogP contribution in [-0.4, -0.2) is 23.8 Å². The largest absolute Gasteiger partial charge is 0.481 e. The van der Waals surface area contributed by atoms with Crippen molar-refractivity contribution in [2.24, 2.45) is 0 Å². The molecule has 9 heavy (non-hydrogen) atoms. The number of nitrogens with one attached hydrogen (secondary N) is 1. The summed E-state index contributed by atoms with van der Waals surface area (Å²) >= 11 is 0. The van der Waals surface area contributed by atoms with Crippen molar-refractivity contribution in [3.8, 4) is 0 Å². The van der Waals surface area contributed by atoms with E-state index in [4.69, 9.17) is 5.11 Å². The molecule has 0 aromatic carbocycles. The fourth-order valence-electron chi connectivity index (χ4n) is 0.369. The van der Waals surface area contributed by atoms with Crippen LogP contribution in [-0.2, 0) is 4.79 Å². The Morgan fingerprint density at radius 3 is 2.56 bits per heavy atom. The molecular weight excluding hydrogens is 144 g/mol. The summed E-state index contributed by atoms with van der Waals surface area (Å²) in [5.74, 6) is -0.993. The summed E-state index contributed by atoms with van der Waals surface area (Å²) in [6, 6.07) is -0.576. The predicted molar refractivity (Wildman–Crippen MR) is 34.9 cm³/mol. The lowest BCUT2D eigenvalue weighted by molar-refractivity contribution is -0.137. The molecule has 3 nitrogen and oxygen atoms in total. The Morgan fingerprint density at radius 1 is 1.89 bits per heavy atom. The number of carboxylic acid groups (broad SMARTS) is 1. The lowest BCUT2D eigenvalue weighted by atomic mass is 10.2. The summed E-state index contributed by atoms with van der Waals surface area (Å²) in [6.07, 6.45) is -0.181. The number of carbonyl (C=O) groups is 1. The van der Waals surface area contributed by atoms with Crippen LogP contribution in [0.25, 0.3) is 0 Å². The summed E-state index contributed by atoms with van der Waals surface area (Å²) in [5.41, 5.74) is 0. The summed E-state index contributed by atoms with van der Waals surface area (Å²) in [4.78, 5) is 9.91. The molecule has 0 aliphatic rings. The van der Waals surface area contributed by atoms with Crippen LogP contribution in [0.5, 0.6) is 0 Å². The summed E-state index contributed by atoms with van der Waals surface area (Å²) in [5, 5.41) is 10.6. The molecule has 0 saturated heterocycles. The fourth-order valence-corrected chi connectivity index (χ4v) is 0.576. The van der Waals surface area contributed by atoms with Crippen LogP contribution >= 0.6 is 9.39 Å². The van der Waals surface area contributed by atoms with Gasteiger partial charge in [0, 0.05) is 6.04 Å². The number of alkyl halides is 1. The third kappa shape index (κ3) is 4.30. The molecule has 0 amide bonds. The molecule has 0 aromatic rings. The zero-order valence-corrected chi connectivity index (χ0v) is 5.96. The second-order valence-electron chi connectivity index (χ2n) is 1.62. The van der Waals surface area contributed by atoms with Gasteiger partial charge in [-0.1, -0.05) is 9.39 Å². The van der Waals surface area contributed by atoms with Gasteiger partial charge in [-0.3, -0.25) is 9.88 Å². The molecular formula is C4H9FNO2P. The Balaban J connectivity index is 3.43. The molecule has 0 heterocycles. The SMILES string of the molecule is O=C(O)CC(CF)NP. The first-order chi connectivity index (χ1) is 4.20. The van der Waals surface area contributed by atoms with E-state index in [0.717, 1.165) is 0 Å². The summed E-state index contributed by atoms with van der Waals surface area (Å²) in [7, 11) is 2.08. The van der Waals surface area contributed by atoms with Gasteiger partial charge < -0.3 is 5.11 Å². The molecule has 0 rings (SSSR count). The van der Waals surface area contributed by atoms with E-state index in [1.807, 2.05) is 0 Å². The maximum atomic E-state index is 11.7. The average Bonchev–Trinajstić information content (AvgIpc) is 1.82. The number of aliphatic carboxylic acids is 1. The van der Waals surface area contributed by atoms with Gasteiger partial charge in [0.05, 0.1) is 6.42 Å². The van der Waals surface area contributed by atoms with Gasteiger partial charge >= 0.3 is 5.97 Å². The van der Waals surface area contributed by atoms with E-state index < -0.39 is 18.7 Å². The van der Waals surface area contributed by atoms with Crippen molar-refractivity contribution in [1.82, 2.24) is 5.09 Å². The number of hydrogen-bond donors (Lipinski definition) is 2. The molecule has 0 saturated carbocycles. The molecule has 0 aliphatic heterocycles. The highest BCUT2D eigenvalue weighted by Crippen LogP contribution is 1.94. The molecule has 5 heteroatoms. The third-order valence-electron chi connectivity index (χ3n) is 0.843. The van der Waals surface area contributed by atoms with E-state index in [2.05, 4.69) is 14.5 Å². The molecule has 0 aromatic heterocycles. The second kappa shape index (κ2) is 4.65. The molecule has 0 bridgehead atoms. The molecule has 0 spiro atoms. The second-order valence-corrected chi connectivity index (χ2v) is 1.95. The first-order valence-corrected chi connectivity index (χ1v) is 3.02. The first kappa shape index (κ1) is 8.79. The van der Waals surface area contributed by atoms with Gasteiger partial charge in [0.2, 0.25) is 0 Å². The topological polar surface area (TPSA) is 49.3 Å². The number of hydrogen-bond acceptors (Lipinski definition) is 2. The molecule has 0 fully saturated rings. The van der Waals surface area contributed by atoms with Crippen LogP contribution < -0.4 is 5.09 Å². The van der Waals surface area contributed by atoms with Crippen molar-refractivity contribution < 1.29 is 14.3 Å². The van der Waals surface area contributed by atoms with Crippen molar-refractivity contribution in [3.63, 3.8) is 0 Å². The van der Waals surface area contributed by atoms with E-state index in [-0.39, 0.29) is 6.42 Å². The standard InChI is InChI=1S/C4H9FNO2P/c5-2-3(6-9)1-4(7)8/h3,6H,1-2,9H2,(H,7,8). The van der Waals surface area contributed by atoms with Crippen molar-refractivity contribution >= 4 is 15.4 Å². The van der Waals surface area contributed by atoms with Gasteiger partial charge in [-0.05, 0) is 0 Å². The number of rotatable bonds is 4. The molecule has 2 unspecified atom stereocenters. The van der Waals surface area contributed by atoms with Crippen molar-refractivity contribution in [3.05, 3.63) is 0 Å². The van der Waals surface area contributed by atoms with Crippen LogP contribution in [0.1, 0.15) is 6.42 Å². The highest BCUT2D eigenvalue weighted by atomic mass is 31.0. The van der Waals surface area contributed by atoms with Crippen molar-refractivity contribution in [2.45, 2.75) is 12.5 Å². The Bertz CT molecular complexity index is 96.6. The highest BCUT2D eigenvalue weighted by molar-refractivity contribution is 7.13. The fraction of sp³-hybridized carbons (Fsp3) is 0.750. The lowest BCUT2D eigenvalue weighted by Crippen LogP contribution is -2.25. The smallest absolute Gasteiger partial charge is 0.305 e. The minimum atomic E-state index is -0.993. The molecule has 0 aliphatic carbocycles. The summed E-state index contributed by atoms with van der Waals surface area (Å²) < 4.78 is 11.7. The maximum Gasteiger partial charge on any atom is 0.305 e. The van der Waals surface area contributed by atoms with E-state index in [9.17, 15) is 9.18 Å². The molecule has 0 radical (unpaired) electrons. The zero-order valence-electron chi connectivity index (χ0n) is 4.80. The van der Waals surface area contributed by atoms with E-state index in [1.54, 1.807) is 0 Å². The molecule has 54 valence electrons. The quantitative estimate of drug-likeness (QED) is 0.566. The van der Waals surface area contributed by atoms with Crippen LogP contribution in [0.2, 0.25) is 0 Å². The minimum absolute atomic E-state index is 0.181. The Hall–Kier alpha value is -0.210. The Kier molecular flexibility index (Phi) is 4.54. The lowest BCUT2D eigenvalue weighted by Gasteiger charge is -2.06. The van der Waals surface area contributed by atoms with Gasteiger partial charge in [-0.2, -0.15) is 0 Å². The van der Waals surface area contributed by atoms with E-state index in [1.165, 1.54) is 0 Å². The molecule has 2 atom stereocenters.